The maximum Gasteiger partial charge on any atom is 0.0714 e. The van der Waals surface area contributed by atoms with Crippen LogP contribution in [0, 0.1) is 0 Å². The van der Waals surface area contributed by atoms with Crippen molar-refractivity contribution in [3.05, 3.63) is 22.4 Å². The molecule has 2 nitrogen and oxygen atoms in total. The summed E-state index contributed by atoms with van der Waals surface area (Å²) in [6.45, 7) is 1.79. The van der Waals surface area contributed by atoms with E-state index in [0.29, 0.717) is 0 Å². The molecule has 0 bridgehead atoms. The highest BCUT2D eigenvalue weighted by atomic mass is 32.1. The molecule has 62 valence electrons. The van der Waals surface area contributed by atoms with Crippen LogP contribution in [-0.4, -0.2) is 18.3 Å². The zero-order chi connectivity index (χ0) is 8.27. The van der Waals surface area contributed by atoms with Gasteiger partial charge in [-0.2, -0.15) is 0 Å². The lowest BCUT2D eigenvalue weighted by Gasteiger charge is -2.16. The van der Waals surface area contributed by atoms with E-state index >= 15 is 0 Å². The standard InChI is InChI=1S/C8H13NOS/c1-6(10)8(9-2)7-4-3-5-11-7/h3-6,8-10H,1-2H3. The Morgan fingerprint density at radius 2 is 2.36 bits per heavy atom. The minimum atomic E-state index is -0.335. The Labute approximate surface area is 70.9 Å². The van der Waals surface area contributed by atoms with Gasteiger partial charge in [0, 0.05) is 4.88 Å². The molecule has 0 saturated heterocycles. The van der Waals surface area contributed by atoms with Gasteiger partial charge in [-0.05, 0) is 25.4 Å². The third-order valence-electron chi connectivity index (χ3n) is 1.64. The molecule has 1 aromatic heterocycles. The molecular weight excluding hydrogens is 158 g/mol. The van der Waals surface area contributed by atoms with Gasteiger partial charge in [0.05, 0.1) is 12.1 Å². The molecule has 0 aliphatic rings. The summed E-state index contributed by atoms with van der Waals surface area (Å²) in [5.74, 6) is 0. The van der Waals surface area contributed by atoms with Crippen LogP contribution in [0.5, 0.6) is 0 Å². The highest BCUT2D eigenvalue weighted by molar-refractivity contribution is 7.10. The van der Waals surface area contributed by atoms with Crippen molar-refractivity contribution in [2.24, 2.45) is 0 Å². The van der Waals surface area contributed by atoms with Crippen molar-refractivity contribution < 1.29 is 5.11 Å². The van der Waals surface area contributed by atoms with E-state index in [1.165, 1.54) is 4.88 Å². The van der Waals surface area contributed by atoms with Crippen LogP contribution in [0.1, 0.15) is 17.8 Å². The number of hydrogen-bond donors (Lipinski definition) is 2. The molecule has 1 heterocycles. The lowest BCUT2D eigenvalue weighted by molar-refractivity contribution is 0.151. The van der Waals surface area contributed by atoms with Crippen LogP contribution in [0.15, 0.2) is 17.5 Å². The van der Waals surface area contributed by atoms with Gasteiger partial charge in [0.25, 0.3) is 0 Å². The molecular formula is C8H13NOS. The molecule has 2 unspecified atom stereocenters. The quantitative estimate of drug-likeness (QED) is 0.720. The van der Waals surface area contributed by atoms with Crippen LogP contribution in [-0.2, 0) is 0 Å². The molecule has 0 aliphatic heterocycles. The Morgan fingerprint density at radius 3 is 2.73 bits per heavy atom. The number of rotatable bonds is 3. The van der Waals surface area contributed by atoms with Gasteiger partial charge in [0.1, 0.15) is 0 Å². The van der Waals surface area contributed by atoms with E-state index in [-0.39, 0.29) is 12.1 Å². The minimum Gasteiger partial charge on any atom is -0.391 e. The molecule has 1 aromatic rings. The lowest BCUT2D eigenvalue weighted by Crippen LogP contribution is -2.26. The van der Waals surface area contributed by atoms with Crippen molar-refractivity contribution in [1.82, 2.24) is 5.32 Å². The molecule has 0 amide bonds. The van der Waals surface area contributed by atoms with Crippen LogP contribution < -0.4 is 5.32 Å². The Hall–Kier alpha value is -0.380. The van der Waals surface area contributed by atoms with Crippen molar-refractivity contribution in [3.8, 4) is 0 Å². The Balaban J connectivity index is 2.71. The fourth-order valence-corrected chi connectivity index (χ4v) is 2.02. The number of aliphatic hydroxyl groups is 1. The average molecular weight is 171 g/mol. The predicted molar refractivity (Wildman–Crippen MR) is 47.8 cm³/mol. The molecule has 0 saturated carbocycles. The summed E-state index contributed by atoms with van der Waals surface area (Å²) in [5.41, 5.74) is 0. The van der Waals surface area contributed by atoms with Crippen molar-refractivity contribution in [2.75, 3.05) is 7.05 Å². The third kappa shape index (κ3) is 2.02. The van der Waals surface area contributed by atoms with E-state index in [9.17, 15) is 5.11 Å². The molecule has 0 radical (unpaired) electrons. The van der Waals surface area contributed by atoms with Gasteiger partial charge in [-0.25, -0.2) is 0 Å². The van der Waals surface area contributed by atoms with Crippen molar-refractivity contribution in [2.45, 2.75) is 19.1 Å². The van der Waals surface area contributed by atoms with Crippen LogP contribution in [0.25, 0.3) is 0 Å². The first kappa shape index (κ1) is 8.71. The summed E-state index contributed by atoms with van der Waals surface area (Å²) < 4.78 is 0. The molecule has 3 heteroatoms. The molecule has 0 aromatic carbocycles. The van der Waals surface area contributed by atoms with E-state index in [4.69, 9.17) is 0 Å². The van der Waals surface area contributed by atoms with Crippen LogP contribution in [0.3, 0.4) is 0 Å². The molecule has 1 rings (SSSR count). The first-order valence-corrected chi connectivity index (χ1v) is 4.52. The summed E-state index contributed by atoms with van der Waals surface area (Å²) in [7, 11) is 1.86. The maximum atomic E-state index is 9.33. The van der Waals surface area contributed by atoms with Gasteiger partial charge >= 0.3 is 0 Å². The maximum absolute atomic E-state index is 9.33. The van der Waals surface area contributed by atoms with E-state index in [0.717, 1.165) is 0 Å². The van der Waals surface area contributed by atoms with Gasteiger partial charge in [-0.3, -0.25) is 0 Å². The first-order valence-electron chi connectivity index (χ1n) is 3.64. The summed E-state index contributed by atoms with van der Waals surface area (Å²) in [5, 5.41) is 14.4. The predicted octanol–water partition coefficient (Wildman–Crippen LogP) is 1.39. The number of hydrogen-bond acceptors (Lipinski definition) is 3. The highest BCUT2D eigenvalue weighted by Crippen LogP contribution is 2.21. The van der Waals surface area contributed by atoms with E-state index < -0.39 is 0 Å². The molecule has 0 spiro atoms. The second-order valence-corrected chi connectivity index (χ2v) is 3.50. The summed E-state index contributed by atoms with van der Waals surface area (Å²) in [6, 6.07) is 4.10. The smallest absolute Gasteiger partial charge is 0.0714 e. The Bertz CT molecular complexity index is 196. The third-order valence-corrected chi connectivity index (χ3v) is 2.60. The van der Waals surface area contributed by atoms with Crippen molar-refractivity contribution in [1.29, 1.82) is 0 Å². The fourth-order valence-electron chi connectivity index (χ4n) is 1.09. The van der Waals surface area contributed by atoms with Crippen molar-refractivity contribution in [3.63, 3.8) is 0 Å². The molecule has 11 heavy (non-hydrogen) atoms. The summed E-state index contributed by atoms with van der Waals surface area (Å²) in [4.78, 5) is 1.18. The molecule has 2 atom stereocenters. The van der Waals surface area contributed by atoms with Crippen molar-refractivity contribution >= 4 is 11.3 Å². The van der Waals surface area contributed by atoms with Gasteiger partial charge in [-0.1, -0.05) is 6.07 Å². The SMILES string of the molecule is CNC(c1cccs1)C(C)O. The summed E-state index contributed by atoms with van der Waals surface area (Å²) in [6.07, 6.45) is -0.335. The first-order chi connectivity index (χ1) is 5.25. The minimum absolute atomic E-state index is 0.0787. The second kappa shape index (κ2) is 3.85. The monoisotopic (exact) mass is 171 g/mol. The summed E-state index contributed by atoms with van der Waals surface area (Å²) >= 11 is 1.66. The van der Waals surface area contributed by atoms with Gasteiger partial charge < -0.3 is 10.4 Å². The second-order valence-electron chi connectivity index (χ2n) is 2.52. The topological polar surface area (TPSA) is 32.3 Å². The van der Waals surface area contributed by atoms with Gasteiger partial charge in [0.15, 0.2) is 0 Å². The number of aliphatic hydroxyl groups excluding tert-OH is 1. The molecule has 2 N–H and O–H groups in total. The van der Waals surface area contributed by atoms with E-state index in [1.807, 2.05) is 24.6 Å². The zero-order valence-electron chi connectivity index (χ0n) is 6.74. The molecule has 0 fully saturated rings. The Morgan fingerprint density at radius 1 is 1.64 bits per heavy atom. The van der Waals surface area contributed by atoms with Crippen LogP contribution in [0.2, 0.25) is 0 Å². The van der Waals surface area contributed by atoms with Crippen LogP contribution >= 0.6 is 11.3 Å². The van der Waals surface area contributed by atoms with E-state index in [2.05, 4.69) is 5.32 Å². The normalized spacial score (nSPS) is 16.3. The molecule has 0 aliphatic carbocycles. The number of likely N-dealkylation sites (N-methyl/N-ethyl adjacent to an activating group) is 1. The number of nitrogens with one attached hydrogen (secondary N) is 1. The highest BCUT2D eigenvalue weighted by Gasteiger charge is 2.14. The van der Waals surface area contributed by atoms with E-state index in [1.54, 1.807) is 18.3 Å². The van der Waals surface area contributed by atoms with Crippen LogP contribution in [0.4, 0.5) is 0 Å². The van der Waals surface area contributed by atoms with Gasteiger partial charge in [0.2, 0.25) is 0 Å². The van der Waals surface area contributed by atoms with Gasteiger partial charge in [-0.15, -0.1) is 11.3 Å². The Kier molecular flexibility index (Phi) is 3.05. The average Bonchev–Trinajstić information content (AvgIpc) is 2.40. The fraction of sp³-hybridized carbons (Fsp3) is 0.500. The number of thiophene rings is 1. The zero-order valence-corrected chi connectivity index (χ0v) is 7.56. The lowest BCUT2D eigenvalue weighted by atomic mass is 10.1. The largest absolute Gasteiger partial charge is 0.391 e.